The summed E-state index contributed by atoms with van der Waals surface area (Å²) in [6.45, 7) is 5.78. The van der Waals surface area contributed by atoms with Gasteiger partial charge in [0.15, 0.2) is 5.13 Å². The maximum absolute atomic E-state index is 13.4. The molecule has 0 atom stereocenters. The number of amides is 2. The molecule has 7 heteroatoms. The summed E-state index contributed by atoms with van der Waals surface area (Å²) in [5.41, 5.74) is 3.66. The molecule has 0 unspecified atom stereocenters. The van der Waals surface area contributed by atoms with Crippen LogP contribution in [0.15, 0.2) is 77.7 Å². The van der Waals surface area contributed by atoms with Crippen molar-refractivity contribution in [1.29, 1.82) is 0 Å². The number of nitrogens with one attached hydrogen (secondary N) is 1. The summed E-state index contributed by atoms with van der Waals surface area (Å²) >= 11 is 2.97. The molecule has 5 nitrogen and oxygen atoms in total. The van der Waals surface area contributed by atoms with Crippen LogP contribution < -0.4 is 10.2 Å². The Balaban J connectivity index is 1.58. The van der Waals surface area contributed by atoms with Gasteiger partial charge in [0.25, 0.3) is 0 Å². The van der Waals surface area contributed by atoms with Gasteiger partial charge in [0.1, 0.15) is 0 Å². The third-order valence-electron chi connectivity index (χ3n) is 5.08. The van der Waals surface area contributed by atoms with Gasteiger partial charge in [-0.25, -0.2) is 4.98 Å². The minimum Gasteiger partial charge on any atom is -0.326 e. The Hall–Kier alpha value is -3.16. The van der Waals surface area contributed by atoms with E-state index in [9.17, 15) is 9.59 Å². The number of rotatable bonds is 7. The summed E-state index contributed by atoms with van der Waals surface area (Å²) in [5, 5.41) is 3.42. The molecule has 0 bridgehead atoms. The number of para-hydroxylation sites is 1. The van der Waals surface area contributed by atoms with Crippen LogP contribution in [0, 0.1) is 0 Å². The number of carbonyl (C=O) groups is 2. The average molecular weight is 476 g/mol. The fourth-order valence-electron chi connectivity index (χ4n) is 3.37. The topological polar surface area (TPSA) is 62.3 Å². The van der Waals surface area contributed by atoms with Crippen LogP contribution in [0.25, 0.3) is 10.2 Å². The van der Waals surface area contributed by atoms with Crippen LogP contribution in [0.4, 0.5) is 16.5 Å². The van der Waals surface area contributed by atoms with E-state index in [0.717, 1.165) is 26.5 Å². The van der Waals surface area contributed by atoms with Crippen molar-refractivity contribution in [3.05, 3.63) is 78.4 Å². The molecule has 1 N–H and O–H groups in total. The number of carbonyl (C=O) groups excluding carboxylic acids is 2. The van der Waals surface area contributed by atoms with Gasteiger partial charge in [-0.2, -0.15) is 0 Å². The highest BCUT2D eigenvalue weighted by molar-refractivity contribution is 8.00. The second kappa shape index (κ2) is 10.2. The zero-order valence-corrected chi connectivity index (χ0v) is 20.4. The van der Waals surface area contributed by atoms with E-state index in [1.807, 2.05) is 60.7 Å². The molecule has 4 aromatic rings. The van der Waals surface area contributed by atoms with Gasteiger partial charge in [0, 0.05) is 17.5 Å². The summed E-state index contributed by atoms with van der Waals surface area (Å²) in [6.07, 6.45) is 0. The number of thiazole rings is 1. The SMILES string of the molecule is CC(=O)Nc1ccc(SCC(=O)N(c2ccc(C(C)C)cc2)c2nc3ccccc3s2)cc1. The second-order valence-corrected chi connectivity index (χ2v) is 9.99. The van der Waals surface area contributed by atoms with Gasteiger partial charge in [-0.05, 0) is 60.0 Å². The Morgan fingerprint density at radius 2 is 1.70 bits per heavy atom. The molecule has 0 aliphatic rings. The molecule has 0 aliphatic carbocycles. The van der Waals surface area contributed by atoms with Crippen LogP contribution in [0.3, 0.4) is 0 Å². The second-order valence-electron chi connectivity index (χ2n) is 7.93. The number of benzene rings is 3. The van der Waals surface area contributed by atoms with Crippen LogP contribution in [0.2, 0.25) is 0 Å². The highest BCUT2D eigenvalue weighted by Gasteiger charge is 2.22. The van der Waals surface area contributed by atoms with Crippen molar-refractivity contribution in [2.75, 3.05) is 16.0 Å². The molecule has 3 aromatic carbocycles. The third-order valence-corrected chi connectivity index (χ3v) is 7.10. The summed E-state index contributed by atoms with van der Waals surface area (Å²) < 4.78 is 1.05. The molecule has 0 saturated heterocycles. The molecular weight excluding hydrogens is 450 g/mol. The van der Waals surface area contributed by atoms with Crippen molar-refractivity contribution in [3.63, 3.8) is 0 Å². The number of nitrogens with zero attached hydrogens (tertiary/aromatic N) is 2. The van der Waals surface area contributed by atoms with Crippen LogP contribution >= 0.6 is 23.1 Å². The predicted molar refractivity (Wildman–Crippen MR) is 139 cm³/mol. The first-order chi connectivity index (χ1) is 15.9. The third kappa shape index (κ3) is 5.61. The van der Waals surface area contributed by atoms with Gasteiger partial charge in [0.05, 0.1) is 21.7 Å². The van der Waals surface area contributed by atoms with Crippen molar-refractivity contribution >= 4 is 61.6 Å². The molecular formula is C26H25N3O2S2. The maximum Gasteiger partial charge on any atom is 0.243 e. The van der Waals surface area contributed by atoms with Gasteiger partial charge in [-0.15, -0.1) is 11.8 Å². The molecule has 1 aromatic heterocycles. The largest absolute Gasteiger partial charge is 0.326 e. The first-order valence-corrected chi connectivity index (χ1v) is 12.5. The van der Waals surface area contributed by atoms with Crippen LogP contribution in [0.1, 0.15) is 32.3 Å². The van der Waals surface area contributed by atoms with E-state index >= 15 is 0 Å². The van der Waals surface area contributed by atoms with Gasteiger partial charge >= 0.3 is 0 Å². The van der Waals surface area contributed by atoms with E-state index in [4.69, 9.17) is 4.98 Å². The Morgan fingerprint density at radius 3 is 2.33 bits per heavy atom. The number of hydrogen-bond donors (Lipinski definition) is 1. The lowest BCUT2D eigenvalue weighted by Crippen LogP contribution is -2.27. The van der Waals surface area contributed by atoms with Crippen molar-refractivity contribution in [2.45, 2.75) is 31.6 Å². The number of hydrogen-bond acceptors (Lipinski definition) is 5. The molecule has 33 heavy (non-hydrogen) atoms. The van der Waals surface area contributed by atoms with E-state index in [-0.39, 0.29) is 17.6 Å². The highest BCUT2D eigenvalue weighted by atomic mass is 32.2. The Morgan fingerprint density at radius 1 is 1.00 bits per heavy atom. The first-order valence-electron chi connectivity index (χ1n) is 10.7. The number of thioether (sulfide) groups is 1. The monoisotopic (exact) mass is 475 g/mol. The summed E-state index contributed by atoms with van der Waals surface area (Å²) in [4.78, 5) is 32.1. The molecule has 1 heterocycles. The van der Waals surface area contributed by atoms with Crippen LogP contribution in [-0.2, 0) is 9.59 Å². The van der Waals surface area contributed by atoms with E-state index in [1.165, 1.54) is 35.6 Å². The van der Waals surface area contributed by atoms with Crippen molar-refractivity contribution in [1.82, 2.24) is 4.98 Å². The van der Waals surface area contributed by atoms with E-state index in [2.05, 4.69) is 31.3 Å². The molecule has 168 valence electrons. The summed E-state index contributed by atoms with van der Waals surface area (Å²) in [7, 11) is 0. The van der Waals surface area contributed by atoms with E-state index in [0.29, 0.717) is 11.0 Å². The Kier molecular flexibility index (Phi) is 7.11. The van der Waals surface area contributed by atoms with Gasteiger partial charge in [-0.3, -0.25) is 14.5 Å². The standard InChI is InChI=1S/C26H25N3O2S2/c1-17(2)19-8-12-21(13-9-19)29(26-28-23-6-4-5-7-24(23)33-26)25(31)16-32-22-14-10-20(11-15-22)27-18(3)30/h4-15,17H,16H2,1-3H3,(H,27,30). The summed E-state index contributed by atoms with van der Waals surface area (Å²) in [5.74, 6) is 0.533. The molecule has 4 rings (SSSR count). The Bertz CT molecular complexity index is 1230. The van der Waals surface area contributed by atoms with E-state index < -0.39 is 0 Å². The molecule has 0 saturated carbocycles. The minimum atomic E-state index is -0.111. The first kappa shape index (κ1) is 23.0. The van der Waals surface area contributed by atoms with E-state index in [1.54, 1.807) is 4.90 Å². The van der Waals surface area contributed by atoms with Crippen molar-refractivity contribution < 1.29 is 9.59 Å². The van der Waals surface area contributed by atoms with Crippen LogP contribution in [-0.4, -0.2) is 22.6 Å². The number of aromatic nitrogens is 1. The normalized spacial score (nSPS) is 11.0. The average Bonchev–Trinajstić information content (AvgIpc) is 3.22. The lowest BCUT2D eigenvalue weighted by Gasteiger charge is -2.20. The molecule has 0 fully saturated rings. The molecule has 0 aliphatic heterocycles. The molecule has 2 amide bonds. The number of fused-ring (bicyclic) bond motifs is 1. The minimum absolute atomic E-state index is 0.0395. The quantitative estimate of drug-likeness (QED) is 0.297. The molecule has 0 spiro atoms. The fourth-order valence-corrected chi connectivity index (χ4v) is 5.12. The molecule has 0 radical (unpaired) electrons. The highest BCUT2D eigenvalue weighted by Crippen LogP contribution is 2.35. The van der Waals surface area contributed by atoms with Crippen molar-refractivity contribution in [3.8, 4) is 0 Å². The fraction of sp³-hybridized carbons (Fsp3) is 0.192. The Labute approximate surface area is 201 Å². The van der Waals surface area contributed by atoms with Crippen LogP contribution in [0.5, 0.6) is 0 Å². The van der Waals surface area contributed by atoms with Crippen molar-refractivity contribution in [2.24, 2.45) is 0 Å². The zero-order chi connectivity index (χ0) is 23.4. The maximum atomic E-state index is 13.4. The van der Waals surface area contributed by atoms with Gasteiger partial charge in [0.2, 0.25) is 11.8 Å². The van der Waals surface area contributed by atoms with Gasteiger partial charge < -0.3 is 5.32 Å². The lowest BCUT2D eigenvalue weighted by molar-refractivity contribution is -0.115. The predicted octanol–water partition coefficient (Wildman–Crippen LogP) is 6.84. The number of anilines is 3. The van der Waals surface area contributed by atoms with Gasteiger partial charge in [-0.1, -0.05) is 49.4 Å². The summed E-state index contributed by atoms with van der Waals surface area (Å²) in [6, 6.07) is 23.5. The smallest absolute Gasteiger partial charge is 0.243 e. The zero-order valence-electron chi connectivity index (χ0n) is 18.7. The lowest BCUT2D eigenvalue weighted by atomic mass is 10.0.